The minimum absolute atomic E-state index is 0.0786. The Kier molecular flexibility index (Phi) is 3.03. The van der Waals surface area contributed by atoms with Crippen LogP contribution in [0.15, 0.2) is 20.5 Å². The number of aryl methyl sites for hydroxylation is 1. The second kappa shape index (κ2) is 4.15. The molecule has 0 fully saturated rings. The first-order valence-electron chi connectivity index (χ1n) is 3.93. The fraction of sp³-hybridized carbons (Fsp3) is 0.125. The average molecular weight is 351 g/mol. The van der Waals surface area contributed by atoms with Crippen LogP contribution in [0.5, 0.6) is 0 Å². The van der Waals surface area contributed by atoms with E-state index in [1.54, 1.807) is 13.1 Å². The van der Waals surface area contributed by atoms with Crippen molar-refractivity contribution in [2.24, 2.45) is 7.05 Å². The highest BCUT2D eigenvalue weighted by Gasteiger charge is 2.19. The summed E-state index contributed by atoms with van der Waals surface area (Å²) < 4.78 is 2.83. The summed E-state index contributed by atoms with van der Waals surface area (Å²) in [6.45, 7) is 0. The van der Waals surface area contributed by atoms with Crippen LogP contribution in [0.1, 0.15) is 15.4 Å². The van der Waals surface area contributed by atoms with Gasteiger partial charge < -0.3 is 0 Å². The van der Waals surface area contributed by atoms with Crippen molar-refractivity contribution in [3.05, 3.63) is 31.1 Å². The van der Waals surface area contributed by atoms with E-state index in [-0.39, 0.29) is 5.78 Å². The number of carbonyl (C=O) groups is 1. The van der Waals surface area contributed by atoms with Gasteiger partial charge in [0.15, 0.2) is 4.60 Å². The normalized spacial score (nSPS) is 10.6. The van der Waals surface area contributed by atoms with Crippen LogP contribution in [0.25, 0.3) is 0 Å². The molecule has 2 heterocycles. The van der Waals surface area contributed by atoms with Gasteiger partial charge in [0.2, 0.25) is 5.78 Å². The van der Waals surface area contributed by atoms with E-state index in [0.717, 1.165) is 4.47 Å². The SMILES string of the molecule is Cn1nnc(Br)c1C(=O)c1cc(Br)cs1. The lowest BCUT2D eigenvalue weighted by Gasteiger charge is -1.97. The molecule has 0 atom stereocenters. The summed E-state index contributed by atoms with van der Waals surface area (Å²) in [6, 6.07) is 1.78. The van der Waals surface area contributed by atoms with Crippen LogP contribution in [-0.2, 0) is 7.05 Å². The molecule has 0 amide bonds. The van der Waals surface area contributed by atoms with E-state index in [9.17, 15) is 4.79 Å². The molecule has 0 bridgehead atoms. The maximum Gasteiger partial charge on any atom is 0.223 e. The van der Waals surface area contributed by atoms with E-state index in [1.807, 2.05) is 5.38 Å². The van der Waals surface area contributed by atoms with E-state index < -0.39 is 0 Å². The van der Waals surface area contributed by atoms with Gasteiger partial charge in [-0.15, -0.1) is 16.4 Å². The number of thiophene rings is 1. The average Bonchev–Trinajstić information content (AvgIpc) is 2.73. The third-order valence-corrected chi connectivity index (χ3v) is 4.02. The Hall–Kier alpha value is -0.530. The van der Waals surface area contributed by atoms with Gasteiger partial charge in [-0.05, 0) is 37.9 Å². The molecule has 0 unspecified atom stereocenters. The Morgan fingerprint density at radius 2 is 2.27 bits per heavy atom. The van der Waals surface area contributed by atoms with Crippen molar-refractivity contribution in [2.75, 3.05) is 0 Å². The highest BCUT2D eigenvalue weighted by molar-refractivity contribution is 9.10. The number of hydrogen-bond acceptors (Lipinski definition) is 4. The van der Waals surface area contributed by atoms with Crippen molar-refractivity contribution >= 4 is 49.0 Å². The zero-order valence-corrected chi connectivity index (χ0v) is 11.6. The molecule has 0 aliphatic rings. The molecule has 0 aliphatic carbocycles. The maximum absolute atomic E-state index is 12.0. The lowest BCUT2D eigenvalue weighted by atomic mass is 10.2. The largest absolute Gasteiger partial charge is 0.286 e. The first-order valence-corrected chi connectivity index (χ1v) is 6.40. The van der Waals surface area contributed by atoms with Gasteiger partial charge in [0.1, 0.15) is 5.69 Å². The first kappa shape index (κ1) is 11.0. The van der Waals surface area contributed by atoms with Gasteiger partial charge in [0.25, 0.3) is 0 Å². The van der Waals surface area contributed by atoms with E-state index in [0.29, 0.717) is 15.2 Å². The number of ketones is 1. The van der Waals surface area contributed by atoms with Crippen molar-refractivity contribution < 1.29 is 4.79 Å². The van der Waals surface area contributed by atoms with Crippen LogP contribution in [0, 0.1) is 0 Å². The highest BCUT2D eigenvalue weighted by atomic mass is 79.9. The summed E-state index contributed by atoms with van der Waals surface area (Å²) in [5.74, 6) is -0.0786. The van der Waals surface area contributed by atoms with Gasteiger partial charge in [-0.3, -0.25) is 4.79 Å². The van der Waals surface area contributed by atoms with Gasteiger partial charge in [-0.2, -0.15) is 0 Å². The molecule has 78 valence electrons. The third-order valence-electron chi connectivity index (χ3n) is 1.79. The van der Waals surface area contributed by atoms with Gasteiger partial charge >= 0.3 is 0 Å². The van der Waals surface area contributed by atoms with Crippen molar-refractivity contribution in [2.45, 2.75) is 0 Å². The Morgan fingerprint density at radius 1 is 1.53 bits per heavy atom. The lowest BCUT2D eigenvalue weighted by Crippen LogP contribution is -2.07. The summed E-state index contributed by atoms with van der Waals surface area (Å²) in [5, 5.41) is 9.40. The van der Waals surface area contributed by atoms with E-state index >= 15 is 0 Å². The Balaban J connectivity index is 2.45. The van der Waals surface area contributed by atoms with Crippen molar-refractivity contribution in [1.29, 1.82) is 0 Å². The summed E-state index contributed by atoms with van der Waals surface area (Å²) >= 11 is 7.90. The van der Waals surface area contributed by atoms with Gasteiger partial charge in [0, 0.05) is 16.9 Å². The molecule has 0 spiro atoms. The van der Waals surface area contributed by atoms with Crippen molar-refractivity contribution in [3.8, 4) is 0 Å². The predicted octanol–water partition coefficient (Wildman–Crippen LogP) is 2.63. The number of hydrogen-bond donors (Lipinski definition) is 0. The monoisotopic (exact) mass is 349 g/mol. The highest BCUT2D eigenvalue weighted by Crippen LogP contribution is 2.24. The number of nitrogens with zero attached hydrogens (tertiary/aromatic N) is 3. The van der Waals surface area contributed by atoms with E-state index in [1.165, 1.54) is 16.0 Å². The molecular formula is C8H5Br2N3OS. The third kappa shape index (κ3) is 2.04. The topological polar surface area (TPSA) is 47.8 Å². The van der Waals surface area contributed by atoms with Crippen LogP contribution >= 0.6 is 43.2 Å². The molecule has 0 aromatic carbocycles. The molecule has 0 N–H and O–H groups in total. The van der Waals surface area contributed by atoms with E-state index in [2.05, 4.69) is 42.2 Å². The molecular weight excluding hydrogens is 346 g/mol. The molecule has 0 aliphatic heterocycles. The molecule has 7 heteroatoms. The zero-order valence-electron chi connectivity index (χ0n) is 7.57. The smallest absolute Gasteiger partial charge is 0.223 e. The number of rotatable bonds is 2. The molecule has 15 heavy (non-hydrogen) atoms. The maximum atomic E-state index is 12.0. The van der Waals surface area contributed by atoms with Gasteiger partial charge in [0.05, 0.1) is 4.88 Å². The molecule has 2 aromatic rings. The summed E-state index contributed by atoms with van der Waals surface area (Å²) in [6.07, 6.45) is 0. The summed E-state index contributed by atoms with van der Waals surface area (Å²) in [4.78, 5) is 12.7. The fourth-order valence-electron chi connectivity index (χ4n) is 1.12. The zero-order chi connectivity index (χ0) is 11.0. The Labute approximate surface area is 107 Å². The minimum Gasteiger partial charge on any atom is -0.286 e. The van der Waals surface area contributed by atoms with Crippen molar-refractivity contribution in [3.63, 3.8) is 0 Å². The Morgan fingerprint density at radius 3 is 2.73 bits per heavy atom. The number of halogens is 2. The summed E-state index contributed by atoms with van der Waals surface area (Å²) in [7, 11) is 1.69. The van der Waals surface area contributed by atoms with E-state index in [4.69, 9.17) is 0 Å². The standard InChI is InChI=1S/C8H5Br2N3OS/c1-13-6(8(10)11-12-13)7(14)5-2-4(9)3-15-5/h2-3H,1H3. The first-order chi connectivity index (χ1) is 7.09. The molecule has 2 rings (SSSR count). The Bertz CT molecular complexity index is 500. The van der Waals surface area contributed by atoms with Crippen LogP contribution in [0.3, 0.4) is 0 Å². The quantitative estimate of drug-likeness (QED) is 0.782. The number of aromatic nitrogens is 3. The van der Waals surface area contributed by atoms with Crippen LogP contribution in [0.2, 0.25) is 0 Å². The van der Waals surface area contributed by atoms with Crippen molar-refractivity contribution in [1.82, 2.24) is 15.0 Å². The van der Waals surface area contributed by atoms with Gasteiger partial charge in [-0.25, -0.2) is 4.68 Å². The van der Waals surface area contributed by atoms with Crippen LogP contribution in [0.4, 0.5) is 0 Å². The van der Waals surface area contributed by atoms with Gasteiger partial charge in [-0.1, -0.05) is 5.21 Å². The lowest BCUT2D eigenvalue weighted by molar-refractivity contribution is 0.103. The second-order valence-electron chi connectivity index (χ2n) is 2.81. The molecule has 4 nitrogen and oxygen atoms in total. The molecule has 0 saturated heterocycles. The fourth-order valence-corrected chi connectivity index (χ4v) is 3.00. The molecule has 0 saturated carbocycles. The minimum atomic E-state index is -0.0786. The number of carbonyl (C=O) groups excluding carboxylic acids is 1. The van der Waals surface area contributed by atoms with Crippen LogP contribution in [-0.4, -0.2) is 20.8 Å². The molecule has 0 radical (unpaired) electrons. The molecule has 2 aromatic heterocycles. The summed E-state index contributed by atoms with van der Waals surface area (Å²) in [5.41, 5.74) is 0.462. The predicted molar refractivity (Wildman–Crippen MR) is 64.2 cm³/mol. The van der Waals surface area contributed by atoms with Crippen LogP contribution < -0.4 is 0 Å². The second-order valence-corrected chi connectivity index (χ2v) is 5.39.